The standard InChI is InChI=1S/C14H21N3O3/c1-19-13-4-3-10(7-12(13)15)8-17-6-5-11(9-17)16-14(18)20-2/h3-4,7,11H,5-6,8-9,15H2,1-2H3,(H,16,18). The largest absolute Gasteiger partial charge is 0.495 e. The van der Waals surface area contributed by atoms with Crippen molar-refractivity contribution in [1.29, 1.82) is 0 Å². The number of carbonyl (C=O) groups excluding carboxylic acids is 1. The highest BCUT2D eigenvalue weighted by molar-refractivity contribution is 5.67. The molecule has 1 aromatic rings. The highest BCUT2D eigenvalue weighted by Crippen LogP contribution is 2.23. The smallest absolute Gasteiger partial charge is 0.407 e. The zero-order chi connectivity index (χ0) is 14.5. The average molecular weight is 279 g/mol. The topological polar surface area (TPSA) is 76.8 Å². The van der Waals surface area contributed by atoms with E-state index in [2.05, 4.69) is 15.0 Å². The number of rotatable bonds is 4. The van der Waals surface area contributed by atoms with E-state index in [0.29, 0.717) is 11.4 Å². The molecule has 6 heteroatoms. The van der Waals surface area contributed by atoms with Gasteiger partial charge in [-0.25, -0.2) is 4.79 Å². The molecule has 1 amide bonds. The molecule has 1 saturated heterocycles. The Labute approximate surface area is 118 Å². The summed E-state index contributed by atoms with van der Waals surface area (Å²) in [6.45, 7) is 2.58. The fourth-order valence-corrected chi connectivity index (χ4v) is 2.46. The number of carbonyl (C=O) groups is 1. The Morgan fingerprint density at radius 3 is 2.95 bits per heavy atom. The highest BCUT2D eigenvalue weighted by Gasteiger charge is 2.24. The second-order valence-electron chi connectivity index (χ2n) is 4.93. The van der Waals surface area contributed by atoms with Crippen molar-refractivity contribution >= 4 is 11.8 Å². The molecular formula is C14H21N3O3. The van der Waals surface area contributed by atoms with E-state index in [-0.39, 0.29) is 12.1 Å². The summed E-state index contributed by atoms with van der Waals surface area (Å²) in [6, 6.07) is 5.97. The summed E-state index contributed by atoms with van der Waals surface area (Å²) in [5.74, 6) is 0.695. The number of alkyl carbamates (subject to hydrolysis) is 1. The van der Waals surface area contributed by atoms with Gasteiger partial charge in [0.2, 0.25) is 0 Å². The van der Waals surface area contributed by atoms with Crippen molar-refractivity contribution in [1.82, 2.24) is 10.2 Å². The molecule has 0 radical (unpaired) electrons. The van der Waals surface area contributed by atoms with Crippen LogP contribution in [0.15, 0.2) is 18.2 Å². The van der Waals surface area contributed by atoms with Crippen LogP contribution in [0.25, 0.3) is 0 Å². The first-order valence-electron chi connectivity index (χ1n) is 6.61. The van der Waals surface area contributed by atoms with Crippen LogP contribution in [0.2, 0.25) is 0 Å². The van der Waals surface area contributed by atoms with Crippen LogP contribution in [0.4, 0.5) is 10.5 Å². The molecule has 1 aromatic carbocycles. The van der Waals surface area contributed by atoms with Crippen LogP contribution in [-0.2, 0) is 11.3 Å². The summed E-state index contributed by atoms with van der Waals surface area (Å²) in [7, 11) is 2.98. The SMILES string of the molecule is COC(=O)NC1CCN(Cc2ccc(OC)c(N)c2)C1. The first kappa shape index (κ1) is 14.5. The van der Waals surface area contributed by atoms with Gasteiger partial charge in [-0.15, -0.1) is 0 Å². The third-order valence-corrected chi connectivity index (χ3v) is 3.48. The third kappa shape index (κ3) is 3.54. The number of hydrogen-bond donors (Lipinski definition) is 2. The van der Waals surface area contributed by atoms with Crippen molar-refractivity contribution in [3.8, 4) is 5.75 Å². The van der Waals surface area contributed by atoms with Crippen LogP contribution in [0, 0.1) is 0 Å². The molecule has 1 aliphatic heterocycles. The zero-order valence-corrected chi connectivity index (χ0v) is 11.9. The van der Waals surface area contributed by atoms with E-state index in [1.54, 1.807) is 7.11 Å². The van der Waals surface area contributed by atoms with Gasteiger partial charge in [0, 0.05) is 25.7 Å². The van der Waals surface area contributed by atoms with Crippen LogP contribution in [0.3, 0.4) is 0 Å². The number of ether oxygens (including phenoxy) is 2. The first-order chi connectivity index (χ1) is 9.62. The van der Waals surface area contributed by atoms with Gasteiger partial charge in [0.1, 0.15) is 5.75 Å². The number of nitrogens with zero attached hydrogens (tertiary/aromatic N) is 1. The summed E-state index contributed by atoms with van der Waals surface area (Å²) < 4.78 is 9.75. The summed E-state index contributed by atoms with van der Waals surface area (Å²) in [5, 5.41) is 2.83. The monoisotopic (exact) mass is 279 g/mol. The Hall–Kier alpha value is -1.95. The number of methoxy groups -OCH3 is 2. The van der Waals surface area contributed by atoms with Crippen molar-refractivity contribution in [2.45, 2.75) is 19.0 Å². The predicted molar refractivity (Wildman–Crippen MR) is 76.6 cm³/mol. The quantitative estimate of drug-likeness (QED) is 0.810. The molecule has 3 N–H and O–H groups in total. The predicted octanol–water partition coefficient (Wildman–Crippen LogP) is 1.21. The molecule has 1 aliphatic rings. The molecule has 0 saturated carbocycles. The van der Waals surface area contributed by atoms with Gasteiger partial charge in [0.15, 0.2) is 0 Å². The van der Waals surface area contributed by atoms with Gasteiger partial charge in [-0.2, -0.15) is 0 Å². The molecule has 6 nitrogen and oxygen atoms in total. The van der Waals surface area contributed by atoms with Gasteiger partial charge < -0.3 is 20.5 Å². The fraction of sp³-hybridized carbons (Fsp3) is 0.500. The van der Waals surface area contributed by atoms with Gasteiger partial charge in [-0.1, -0.05) is 6.07 Å². The summed E-state index contributed by atoms with van der Waals surface area (Å²) in [4.78, 5) is 13.4. The van der Waals surface area contributed by atoms with Crippen LogP contribution in [0.1, 0.15) is 12.0 Å². The molecule has 1 unspecified atom stereocenters. The second-order valence-corrected chi connectivity index (χ2v) is 4.93. The van der Waals surface area contributed by atoms with E-state index >= 15 is 0 Å². The molecular weight excluding hydrogens is 258 g/mol. The Balaban J connectivity index is 1.88. The lowest BCUT2D eigenvalue weighted by molar-refractivity contribution is 0.166. The number of amides is 1. The lowest BCUT2D eigenvalue weighted by atomic mass is 10.2. The second kappa shape index (κ2) is 6.47. The van der Waals surface area contributed by atoms with Crippen molar-refractivity contribution in [3.05, 3.63) is 23.8 Å². The average Bonchev–Trinajstić information content (AvgIpc) is 2.86. The van der Waals surface area contributed by atoms with Crippen molar-refractivity contribution < 1.29 is 14.3 Å². The maximum Gasteiger partial charge on any atom is 0.407 e. The minimum atomic E-state index is -0.370. The Bertz CT molecular complexity index is 479. The van der Waals surface area contributed by atoms with Crippen molar-refractivity contribution in [2.75, 3.05) is 33.0 Å². The first-order valence-corrected chi connectivity index (χ1v) is 6.61. The number of likely N-dealkylation sites (tertiary alicyclic amines) is 1. The number of nitrogens with one attached hydrogen (secondary N) is 1. The fourth-order valence-electron chi connectivity index (χ4n) is 2.46. The van der Waals surface area contributed by atoms with Gasteiger partial charge in [-0.05, 0) is 24.1 Å². The summed E-state index contributed by atoms with van der Waals surface area (Å²) >= 11 is 0. The maximum atomic E-state index is 11.2. The van der Waals surface area contributed by atoms with E-state index in [1.807, 2.05) is 18.2 Å². The number of nitrogens with two attached hydrogens (primary N) is 1. The molecule has 1 fully saturated rings. The number of hydrogen-bond acceptors (Lipinski definition) is 5. The lowest BCUT2D eigenvalue weighted by Crippen LogP contribution is -2.36. The van der Waals surface area contributed by atoms with E-state index in [9.17, 15) is 4.79 Å². The maximum absolute atomic E-state index is 11.2. The minimum Gasteiger partial charge on any atom is -0.495 e. The highest BCUT2D eigenvalue weighted by atomic mass is 16.5. The van der Waals surface area contributed by atoms with Crippen LogP contribution in [0.5, 0.6) is 5.75 Å². The third-order valence-electron chi connectivity index (χ3n) is 3.48. The van der Waals surface area contributed by atoms with Crippen molar-refractivity contribution in [3.63, 3.8) is 0 Å². The number of anilines is 1. The molecule has 0 aliphatic carbocycles. The zero-order valence-electron chi connectivity index (χ0n) is 11.9. The van der Waals surface area contributed by atoms with Crippen LogP contribution in [-0.4, -0.2) is 44.3 Å². The molecule has 0 spiro atoms. The lowest BCUT2D eigenvalue weighted by Gasteiger charge is -2.17. The van der Waals surface area contributed by atoms with E-state index in [1.165, 1.54) is 7.11 Å². The number of nitrogen functional groups attached to an aromatic ring is 1. The van der Waals surface area contributed by atoms with E-state index in [0.717, 1.165) is 31.6 Å². The Morgan fingerprint density at radius 1 is 1.50 bits per heavy atom. The number of benzene rings is 1. The Morgan fingerprint density at radius 2 is 2.30 bits per heavy atom. The summed E-state index contributed by atoms with van der Waals surface area (Å²) in [5.41, 5.74) is 7.69. The normalized spacial score (nSPS) is 18.8. The van der Waals surface area contributed by atoms with E-state index in [4.69, 9.17) is 10.5 Å². The van der Waals surface area contributed by atoms with E-state index < -0.39 is 0 Å². The summed E-state index contributed by atoms with van der Waals surface area (Å²) in [6.07, 6.45) is 0.561. The minimum absolute atomic E-state index is 0.151. The van der Waals surface area contributed by atoms with Gasteiger partial charge in [0.25, 0.3) is 0 Å². The van der Waals surface area contributed by atoms with Gasteiger partial charge >= 0.3 is 6.09 Å². The molecule has 110 valence electrons. The molecule has 1 atom stereocenters. The molecule has 0 bridgehead atoms. The molecule has 1 heterocycles. The molecule has 2 rings (SSSR count). The van der Waals surface area contributed by atoms with Gasteiger partial charge in [-0.3, -0.25) is 4.90 Å². The molecule has 0 aromatic heterocycles. The molecule has 20 heavy (non-hydrogen) atoms. The Kier molecular flexibility index (Phi) is 4.68. The van der Waals surface area contributed by atoms with Crippen LogP contribution >= 0.6 is 0 Å². The van der Waals surface area contributed by atoms with Gasteiger partial charge in [0.05, 0.1) is 19.9 Å². The van der Waals surface area contributed by atoms with Crippen LogP contribution < -0.4 is 15.8 Å². The van der Waals surface area contributed by atoms with Crippen molar-refractivity contribution in [2.24, 2.45) is 0 Å².